The molecule has 1 aromatic carbocycles. The van der Waals surface area contributed by atoms with E-state index in [0.29, 0.717) is 12.1 Å². The maximum absolute atomic E-state index is 11.9. The monoisotopic (exact) mass is 318 g/mol. The van der Waals surface area contributed by atoms with Crippen molar-refractivity contribution in [2.45, 2.75) is 19.4 Å². The molecule has 0 aliphatic heterocycles. The maximum atomic E-state index is 11.9. The summed E-state index contributed by atoms with van der Waals surface area (Å²) in [5.41, 5.74) is 1.54. The number of hydrogen-bond acceptors (Lipinski definition) is 4. The fraction of sp³-hybridized carbons (Fsp3) is 0.250. The van der Waals surface area contributed by atoms with Gasteiger partial charge in [-0.2, -0.15) is 0 Å². The SMILES string of the molecule is CCC(CO)NC(=O)C(=O)Nc1cccc(-c2cccs2)c1. The van der Waals surface area contributed by atoms with E-state index in [1.165, 1.54) is 0 Å². The first-order valence-corrected chi connectivity index (χ1v) is 7.88. The first-order chi connectivity index (χ1) is 10.6. The van der Waals surface area contributed by atoms with Gasteiger partial charge in [-0.05, 0) is 35.6 Å². The van der Waals surface area contributed by atoms with Crippen LogP contribution >= 0.6 is 11.3 Å². The zero-order valence-electron chi connectivity index (χ0n) is 12.2. The van der Waals surface area contributed by atoms with Gasteiger partial charge in [-0.25, -0.2) is 0 Å². The molecule has 0 radical (unpaired) electrons. The summed E-state index contributed by atoms with van der Waals surface area (Å²) >= 11 is 1.60. The Bertz CT molecular complexity index is 637. The van der Waals surface area contributed by atoms with Gasteiger partial charge < -0.3 is 15.7 Å². The lowest BCUT2D eigenvalue weighted by Gasteiger charge is -2.13. The van der Waals surface area contributed by atoms with Crippen LogP contribution < -0.4 is 10.6 Å². The van der Waals surface area contributed by atoms with E-state index in [2.05, 4.69) is 10.6 Å². The van der Waals surface area contributed by atoms with E-state index in [9.17, 15) is 9.59 Å². The number of hydrogen-bond donors (Lipinski definition) is 3. The second-order valence-corrected chi connectivity index (χ2v) is 5.72. The highest BCUT2D eigenvalue weighted by Gasteiger charge is 2.17. The predicted octanol–water partition coefficient (Wildman–Crippen LogP) is 2.24. The lowest BCUT2D eigenvalue weighted by molar-refractivity contribution is -0.136. The van der Waals surface area contributed by atoms with Crippen LogP contribution in [0.5, 0.6) is 0 Å². The molecule has 3 N–H and O–H groups in total. The first kappa shape index (κ1) is 16.2. The minimum atomic E-state index is -0.748. The Morgan fingerprint density at radius 3 is 2.68 bits per heavy atom. The first-order valence-electron chi connectivity index (χ1n) is 7.00. The van der Waals surface area contributed by atoms with Crippen molar-refractivity contribution in [1.29, 1.82) is 0 Å². The second-order valence-electron chi connectivity index (χ2n) is 4.77. The molecule has 0 bridgehead atoms. The largest absolute Gasteiger partial charge is 0.394 e. The summed E-state index contributed by atoms with van der Waals surface area (Å²) in [6, 6.07) is 10.9. The Morgan fingerprint density at radius 1 is 1.23 bits per heavy atom. The molecule has 22 heavy (non-hydrogen) atoms. The van der Waals surface area contributed by atoms with Crippen molar-refractivity contribution in [3.8, 4) is 10.4 Å². The Labute approximate surface area is 133 Å². The zero-order valence-corrected chi connectivity index (χ0v) is 13.0. The number of aliphatic hydroxyl groups excluding tert-OH is 1. The van der Waals surface area contributed by atoms with E-state index in [1.807, 2.05) is 42.6 Å². The molecule has 0 saturated carbocycles. The van der Waals surface area contributed by atoms with Gasteiger partial charge in [0.1, 0.15) is 0 Å². The Balaban J connectivity index is 2.03. The van der Waals surface area contributed by atoms with Gasteiger partial charge in [0.05, 0.1) is 12.6 Å². The van der Waals surface area contributed by atoms with Crippen molar-refractivity contribution in [2.24, 2.45) is 0 Å². The molecular formula is C16H18N2O3S. The number of rotatable bonds is 5. The maximum Gasteiger partial charge on any atom is 0.313 e. The molecule has 116 valence electrons. The van der Waals surface area contributed by atoms with Crippen LogP contribution in [0.1, 0.15) is 13.3 Å². The molecule has 0 aliphatic rings. The summed E-state index contributed by atoms with van der Waals surface area (Å²) in [6.45, 7) is 1.63. The quantitative estimate of drug-likeness (QED) is 0.740. The van der Waals surface area contributed by atoms with Crippen LogP contribution in [0.15, 0.2) is 41.8 Å². The lowest BCUT2D eigenvalue weighted by atomic mass is 10.1. The van der Waals surface area contributed by atoms with Crippen LogP contribution in [0.25, 0.3) is 10.4 Å². The number of carbonyl (C=O) groups is 2. The number of aliphatic hydroxyl groups is 1. The predicted molar refractivity (Wildman–Crippen MR) is 87.7 cm³/mol. The van der Waals surface area contributed by atoms with Crippen molar-refractivity contribution >= 4 is 28.8 Å². The van der Waals surface area contributed by atoms with Gasteiger partial charge in [0.15, 0.2) is 0 Å². The van der Waals surface area contributed by atoms with Gasteiger partial charge in [-0.15, -0.1) is 11.3 Å². The number of amides is 2. The van der Waals surface area contributed by atoms with Gasteiger partial charge in [0, 0.05) is 10.6 Å². The number of nitrogens with one attached hydrogen (secondary N) is 2. The third-order valence-electron chi connectivity index (χ3n) is 3.18. The summed E-state index contributed by atoms with van der Waals surface area (Å²) < 4.78 is 0. The molecule has 2 aromatic rings. The molecule has 0 saturated heterocycles. The van der Waals surface area contributed by atoms with Crippen molar-refractivity contribution in [2.75, 3.05) is 11.9 Å². The normalized spacial score (nSPS) is 11.7. The summed E-state index contributed by atoms with van der Waals surface area (Å²) in [7, 11) is 0. The summed E-state index contributed by atoms with van der Waals surface area (Å²) in [5, 5.41) is 16.1. The third-order valence-corrected chi connectivity index (χ3v) is 4.10. The van der Waals surface area contributed by atoms with Crippen molar-refractivity contribution in [3.63, 3.8) is 0 Å². The molecule has 0 spiro atoms. The van der Waals surface area contributed by atoms with Crippen LogP contribution in [-0.4, -0.2) is 29.6 Å². The lowest BCUT2D eigenvalue weighted by Crippen LogP contribution is -2.43. The Morgan fingerprint density at radius 2 is 2.05 bits per heavy atom. The van der Waals surface area contributed by atoms with E-state index < -0.39 is 17.9 Å². The molecule has 2 amide bonds. The highest BCUT2D eigenvalue weighted by Crippen LogP contribution is 2.26. The summed E-state index contributed by atoms with van der Waals surface area (Å²) in [4.78, 5) is 24.7. The molecular weight excluding hydrogens is 300 g/mol. The van der Waals surface area contributed by atoms with Crippen molar-refractivity contribution in [1.82, 2.24) is 5.32 Å². The van der Waals surface area contributed by atoms with Crippen LogP contribution in [0, 0.1) is 0 Å². The van der Waals surface area contributed by atoms with Gasteiger partial charge in [0.25, 0.3) is 0 Å². The Kier molecular flexibility index (Phi) is 5.68. The average molecular weight is 318 g/mol. The minimum absolute atomic E-state index is 0.191. The fourth-order valence-electron chi connectivity index (χ4n) is 1.91. The molecule has 5 nitrogen and oxygen atoms in total. The average Bonchev–Trinajstić information content (AvgIpc) is 3.07. The molecule has 6 heteroatoms. The third kappa shape index (κ3) is 4.16. The van der Waals surface area contributed by atoms with Crippen molar-refractivity contribution < 1.29 is 14.7 Å². The van der Waals surface area contributed by atoms with Gasteiger partial charge in [-0.1, -0.05) is 25.1 Å². The van der Waals surface area contributed by atoms with E-state index in [4.69, 9.17) is 5.11 Å². The second kappa shape index (κ2) is 7.72. The number of benzene rings is 1. The smallest absolute Gasteiger partial charge is 0.313 e. The molecule has 0 aliphatic carbocycles. The summed E-state index contributed by atoms with van der Waals surface area (Å²) in [6.07, 6.45) is 0.559. The van der Waals surface area contributed by atoms with E-state index in [1.54, 1.807) is 17.4 Å². The standard InChI is InChI=1S/C16H18N2O3S/c1-2-12(10-19)17-15(20)16(21)18-13-6-3-5-11(9-13)14-7-4-8-22-14/h3-9,12,19H,2,10H2,1H3,(H,17,20)(H,18,21). The van der Waals surface area contributed by atoms with E-state index in [0.717, 1.165) is 10.4 Å². The number of carbonyl (C=O) groups excluding carboxylic acids is 2. The van der Waals surface area contributed by atoms with Crippen LogP contribution in [0.2, 0.25) is 0 Å². The van der Waals surface area contributed by atoms with Crippen LogP contribution in [0.3, 0.4) is 0 Å². The van der Waals surface area contributed by atoms with Crippen LogP contribution in [0.4, 0.5) is 5.69 Å². The van der Waals surface area contributed by atoms with Crippen LogP contribution in [-0.2, 0) is 9.59 Å². The zero-order chi connectivity index (χ0) is 15.9. The number of thiophene rings is 1. The van der Waals surface area contributed by atoms with Gasteiger partial charge in [0.2, 0.25) is 0 Å². The Hall–Kier alpha value is -2.18. The number of anilines is 1. The molecule has 1 heterocycles. The molecule has 0 fully saturated rings. The molecule has 1 aromatic heterocycles. The van der Waals surface area contributed by atoms with Crippen molar-refractivity contribution in [3.05, 3.63) is 41.8 Å². The fourth-order valence-corrected chi connectivity index (χ4v) is 2.63. The highest BCUT2D eigenvalue weighted by atomic mass is 32.1. The molecule has 1 unspecified atom stereocenters. The summed E-state index contributed by atoms with van der Waals surface area (Å²) in [5.74, 6) is -1.49. The minimum Gasteiger partial charge on any atom is -0.394 e. The van der Waals surface area contributed by atoms with Gasteiger partial charge in [-0.3, -0.25) is 9.59 Å². The van der Waals surface area contributed by atoms with Gasteiger partial charge >= 0.3 is 11.8 Å². The van der Waals surface area contributed by atoms with E-state index >= 15 is 0 Å². The molecule has 1 atom stereocenters. The highest BCUT2D eigenvalue weighted by molar-refractivity contribution is 7.13. The van der Waals surface area contributed by atoms with E-state index in [-0.39, 0.29) is 6.61 Å². The topological polar surface area (TPSA) is 78.4 Å². The molecule has 2 rings (SSSR count).